The van der Waals surface area contributed by atoms with Crippen molar-refractivity contribution in [3.05, 3.63) is 12.2 Å². The molecule has 0 saturated heterocycles. The SMILES string of the molecule is O=C1C=CCN(CCO)N1. The number of aliphatic hydroxyl groups excluding tert-OH is 1. The number of nitrogens with one attached hydrogen (secondary N) is 1. The number of hydrogen-bond acceptors (Lipinski definition) is 3. The van der Waals surface area contributed by atoms with Gasteiger partial charge >= 0.3 is 0 Å². The lowest BCUT2D eigenvalue weighted by Crippen LogP contribution is -2.45. The predicted molar refractivity (Wildman–Crippen MR) is 35.9 cm³/mol. The molecule has 4 nitrogen and oxygen atoms in total. The smallest absolute Gasteiger partial charge is 0.258 e. The molecule has 0 spiro atoms. The molecule has 0 radical (unpaired) electrons. The minimum Gasteiger partial charge on any atom is -0.395 e. The van der Waals surface area contributed by atoms with Gasteiger partial charge in [-0.15, -0.1) is 0 Å². The van der Waals surface area contributed by atoms with Crippen LogP contribution in [0.5, 0.6) is 0 Å². The van der Waals surface area contributed by atoms with Gasteiger partial charge in [-0.2, -0.15) is 0 Å². The molecule has 0 aliphatic carbocycles. The van der Waals surface area contributed by atoms with Crippen LogP contribution in [-0.4, -0.2) is 35.7 Å². The second-order valence-electron chi connectivity index (χ2n) is 2.05. The van der Waals surface area contributed by atoms with E-state index in [1.165, 1.54) is 6.08 Å². The van der Waals surface area contributed by atoms with Crippen molar-refractivity contribution in [3.63, 3.8) is 0 Å². The number of rotatable bonds is 2. The van der Waals surface area contributed by atoms with E-state index in [1.807, 2.05) is 0 Å². The third-order valence-corrected chi connectivity index (χ3v) is 1.23. The van der Waals surface area contributed by atoms with E-state index in [1.54, 1.807) is 11.1 Å². The molecule has 0 bridgehead atoms. The molecule has 10 heavy (non-hydrogen) atoms. The van der Waals surface area contributed by atoms with Crippen molar-refractivity contribution >= 4 is 5.91 Å². The molecule has 4 heteroatoms. The van der Waals surface area contributed by atoms with Crippen LogP contribution >= 0.6 is 0 Å². The van der Waals surface area contributed by atoms with Gasteiger partial charge in [0.2, 0.25) is 0 Å². The van der Waals surface area contributed by atoms with Crippen LogP contribution in [0.2, 0.25) is 0 Å². The van der Waals surface area contributed by atoms with Crippen LogP contribution in [0.3, 0.4) is 0 Å². The molecule has 2 N–H and O–H groups in total. The number of aliphatic hydroxyl groups is 1. The summed E-state index contributed by atoms with van der Waals surface area (Å²) in [7, 11) is 0. The summed E-state index contributed by atoms with van der Waals surface area (Å²) in [5.41, 5.74) is 2.56. The third kappa shape index (κ3) is 1.82. The van der Waals surface area contributed by atoms with Crippen molar-refractivity contribution in [3.8, 4) is 0 Å². The molecule has 0 unspecified atom stereocenters. The molecule has 1 amide bonds. The Hall–Kier alpha value is -0.870. The summed E-state index contributed by atoms with van der Waals surface area (Å²) >= 11 is 0. The van der Waals surface area contributed by atoms with Crippen molar-refractivity contribution in [2.24, 2.45) is 0 Å². The van der Waals surface area contributed by atoms with Gasteiger partial charge in [0.1, 0.15) is 0 Å². The average molecular weight is 142 g/mol. The summed E-state index contributed by atoms with van der Waals surface area (Å²) in [4.78, 5) is 10.6. The zero-order chi connectivity index (χ0) is 7.40. The quantitative estimate of drug-likeness (QED) is 0.513. The van der Waals surface area contributed by atoms with Crippen molar-refractivity contribution in [1.29, 1.82) is 0 Å². The van der Waals surface area contributed by atoms with Crippen LogP contribution in [0.15, 0.2) is 12.2 Å². The van der Waals surface area contributed by atoms with Gasteiger partial charge in [0.25, 0.3) is 5.91 Å². The first kappa shape index (κ1) is 7.24. The maximum Gasteiger partial charge on any atom is 0.258 e. The Bertz CT molecular complexity index is 156. The largest absolute Gasteiger partial charge is 0.395 e. The van der Waals surface area contributed by atoms with Gasteiger partial charge in [0, 0.05) is 19.2 Å². The molecule has 0 saturated carbocycles. The number of amides is 1. The van der Waals surface area contributed by atoms with Crippen LogP contribution in [0.25, 0.3) is 0 Å². The monoisotopic (exact) mass is 142 g/mol. The lowest BCUT2D eigenvalue weighted by molar-refractivity contribution is -0.121. The fourth-order valence-corrected chi connectivity index (χ4v) is 0.794. The van der Waals surface area contributed by atoms with Gasteiger partial charge in [-0.1, -0.05) is 6.08 Å². The second-order valence-corrected chi connectivity index (χ2v) is 2.05. The normalized spacial score (nSPS) is 19.1. The summed E-state index contributed by atoms with van der Waals surface area (Å²) in [6, 6.07) is 0. The van der Waals surface area contributed by atoms with Crippen molar-refractivity contribution in [2.45, 2.75) is 0 Å². The van der Waals surface area contributed by atoms with Gasteiger partial charge in [0.05, 0.1) is 6.61 Å². The van der Waals surface area contributed by atoms with E-state index < -0.39 is 0 Å². The predicted octanol–water partition coefficient (Wildman–Crippen LogP) is -1.12. The molecule has 0 atom stereocenters. The summed E-state index contributed by atoms with van der Waals surface area (Å²) in [6.45, 7) is 1.22. The van der Waals surface area contributed by atoms with E-state index in [0.29, 0.717) is 13.1 Å². The Morgan fingerprint density at radius 3 is 3.20 bits per heavy atom. The third-order valence-electron chi connectivity index (χ3n) is 1.23. The maximum absolute atomic E-state index is 10.6. The van der Waals surface area contributed by atoms with Crippen LogP contribution in [-0.2, 0) is 4.79 Å². The molecule has 56 valence electrons. The van der Waals surface area contributed by atoms with Gasteiger partial charge < -0.3 is 5.11 Å². The molecule has 1 heterocycles. The number of hydrazine groups is 1. The molecule has 1 aliphatic heterocycles. The summed E-state index contributed by atoms with van der Waals surface area (Å²) in [6.07, 6.45) is 3.24. The van der Waals surface area contributed by atoms with Gasteiger partial charge in [0.15, 0.2) is 0 Å². The van der Waals surface area contributed by atoms with E-state index in [2.05, 4.69) is 5.43 Å². The van der Waals surface area contributed by atoms with Crippen LogP contribution < -0.4 is 5.43 Å². The number of β-amino-alcohol motifs (C(OH)–C–C–N with tert-alkyl or cyclic N) is 1. The summed E-state index contributed by atoms with van der Waals surface area (Å²) in [5, 5.41) is 10.1. The van der Waals surface area contributed by atoms with E-state index in [-0.39, 0.29) is 12.5 Å². The second kappa shape index (κ2) is 3.34. The summed E-state index contributed by atoms with van der Waals surface area (Å²) < 4.78 is 0. The first-order valence-electron chi connectivity index (χ1n) is 3.16. The molecule has 0 aromatic heterocycles. The molecular formula is C6H10N2O2. The molecule has 0 aromatic rings. The van der Waals surface area contributed by atoms with Gasteiger partial charge in [-0.25, -0.2) is 5.01 Å². The van der Waals surface area contributed by atoms with Crippen molar-refractivity contribution < 1.29 is 9.90 Å². The highest BCUT2D eigenvalue weighted by Crippen LogP contribution is 1.89. The lowest BCUT2D eigenvalue weighted by Gasteiger charge is -2.22. The van der Waals surface area contributed by atoms with E-state index in [9.17, 15) is 4.79 Å². The number of nitrogens with zero attached hydrogens (tertiary/aromatic N) is 1. The Balaban J connectivity index is 2.36. The zero-order valence-electron chi connectivity index (χ0n) is 5.58. The highest BCUT2D eigenvalue weighted by molar-refractivity contribution is 5.87. The molecule has 0 aromatic carbocycles. The number of carbonyl (C=O) groups excluding carboxylic acids is 1. The maximum atomic E-state index is 10.6. The molecule has 1 aliphatic rings. The average Bonchev–Trinajstić information content (AvgIpc) is 1.88. The number of carbonyl (C=O) groups is 1. The first-order valence-corrected chi connectivity index (χ1v) is 3.16. The van der Waals surface area contributed by atoms with Crippen LogP contribution in [0.1, 0.15) is 0 Å². The first-order chi connectivity index (χ1) is 4.83. The lowest BCUT2D eigenvalue weighted by atomic mass is 10.4. The van der Waals surface area contributed by atoms with Gasteiger partial charge in [-0.05, 0) is 0 Å². The van der Waals surface area contributed by atoms with E-state index in [0.717, 1.165) is 0 Å². The summed E-state index contributed by atoms with van der Waals surface area (Å²) in [5.74, 6) is -0.125. The Labute approximate surface area is 59.1 Å². The van der Waals surface area contributed by atoms with E-state index >= 15 is 0 Å². The fourth-order valence-electron chi connectivity index (χ4n) is 0.794. The Morgan fingerprint density at radius 2 is 2.60 bits per heavy atom. The van der Waals surface area contributed by atoms with Crippen molar-refractivity contribution in [2.75, 3.05) is 19.7 Å². The molecule has 1 rings (SSSR count). The fraction of sp³-hybridized carbons (Fsp3) is 0.500. The zero-order valence-corrected chi connectivity index (χ0v) is 5.58. The van der Waals surface area contributed by atoms with Crippen LogP contribution in [0.4, 0.5) is 0 Å². The van der Waals surface area contributed by atoms with Crippen molar-refractivity contribution in [1.82, 2.24) is 10.4 Å². The topological polar surface area (TPSA) is 52.6 Å². The highest BCUT2D eigenvalue weighted by Gasteiger charge is 2.08. The standard InChI is InChI=1S/C6H10N2O2/c9-5-4-8-3-1-2-6(10)7-8/h1-2,9H,3-5H2,(H,7,10). The molecule has 0 fully saturated rings. The Kier molecular flexibility index (Phi) is 2.42. The highest BCUT2D eigenvalue weighted by atomic mass is 16.3. The van der Waals surface area contributed by atoms with Crippen LogP contribution in [0, 0.1) is 0 Å². The minimum absolute atomic E-state index is 0.0636. The Morgan fingerprint density at radius 1 is 1.80 bits per heavy atom. The van der Waals surface area contributed by atoms with E-state index in [4.69, 9.17) is 5.11 Å². The van der Waals surface area contributed by atoms with Gasteiger partial charge in [-0.3, -0.25) is 10.2 Å². The number of hydrogen-bond donors (Lipinski definition) is 2. The molecular weight excluding hydrogens is 132 g/mol. The minimum atomic E-state index is -0.125.